The minimum Gasteiger partial charge on any atom is -0.306 e. The van der Waals surface area contributed by atoms with Gasteiger partial charge >= 0.3 is 0 Å². The first-order valence-corrected chi connectivity index (χ1v) is 8.44. The fourth-order valence-corrected chi connectivity index (χ4v) is 3.35. The van der Waals surface area contributed by atoms with Crippen LogP contribution in [-0.4, -0.2) is 16.3 Å². The molecule has 2 rings (SSSR count). The Morgan fingerprint density at radius 3 is 2.75 bits per heavy atom. The Bertz CT molecular complexity index is 515. The van der Waals surface area contributed by atoms with Crippen molar-refractivity contribution in [2.24, 2.45) is 0 Å². The molecule has 20 heavy (non-hydrogen) atoms. The Hall–Kier alpha value is -1.13. The van der Waals surface area contributed by atoms with E-state index in [-0.39, 0.29) is 6.04 Å². The molecule has 0 saturated heterocycles. The third-order valence-electron chi connectivity index (χ3n) is 3.35. The van der Waals surface area contributed by atoms with Gasteiger partial charge in [-0.15, -0.1) is 11.3 Å². The van der Waals surface area contributed by atoms with Gasteiger partial charge in [0.2, 0.25) is 0 Å². The first-order valence-electron chi connectivity index (χ1n) is 7.62. The van der Waals surface area contributed by atoms with Crippen LogP contribution in [0.3, 0.4) is 0 Å². The maximum Gasteiger partial charge on any atom is 0.0702 e. The van der Waals surface area contributed by atoms with Crippen LogP contribution in [0.4, 0.5) is 0 Å². The smallest absolute Gasteiger partial charge is 0.0702 e. The van der Waals surface area contributed by atoms with Gasteiger partial charge in [0.05, 0.1) is 12.2 Å². The molecule has 2 aromatic rings. The molecule has 4 heteroatoms. The van der Waals surface area contributed by atoms with Crippen molar-refractivity contribution in [3.63, 3.8) is 0 Å². The Morgan fingerprint density at radius 2 is 2.10 bits per heavy atom. The lowest BCUT2D eigenvalue weighted by atomic mass is 10.1. The van der Waals surface area contributed by atoms with E-state index >= 15 is 0 Å². The molecule has 2 aromatic heterocycles. The Labute approximate surface area is 126 Å². The molecule has 0 aliphatic heterocycles. The van der Waals surface area contributed by atoms with E-state index < -0.39 is 0 Å². The summed E-state index contributed by atoms with van der Waals surface area (Å²) in [5, 5.41) is 8.12. The Morgan fingerprint density at radius 1 is 1.25 bits per heavy atom. The fourth-order valence-electron chi connectivity index (χ4n) is 2.29. The van der Waals surface area contributed by atoms with Crippen LogP contribution in [0.5, 0.6) is 0 Å². The monoisotopic (exact) mass is 291 g/mol. The van der Waals surface area contributed by atoms with Gasteiger partial charge in [0, 0.05) is 28.1 Å². The molecule has 1 unspecified atom stereocenters. The molecule has 110 valence electrons. The molecule has 0 fully saturated rings. The number of aryl methyl sites for hydroxylation is 2. The van der Waals surface area contributed by atoms with Gasteiger partial charge in [-0.2, -0.15) is 5.10 Å². The van der Waals surface area contributed by atoms with E-state index in [9.17, 15) is 0 Å². The summed E-state index contributed by atoms with van der Waals surface area (Å²) in [6, 6.07) is 4.79. The number of nitrogens with zero attached hydrogens (tertiary/aromatic N) is 2. The normalized spacial score (nSPS) is 12.8. The van der Waals surface area contributed by atoms with Gasteiger partial charge in [-0.25, -0.2) is 0 Å². The van der Waals surface area contributed by atoms with Crippen LogP contribution in [0, 0.1) is 0 Å². The second kappa shape index (κ2) is 7.60. The third-order valence-corrected chi connectivity index (χ3v) is 4.65. The standard InChI is InChI=1S/C16H25N3S/c1-4-9-17-16(15-8-7-14(6-3)20-15)13-11-18-19(12-13)10-5-2/h7-8,11-12,16-17H,4-6,9-10H2,1-3H3. The van der Waals surface area contributed by atoms with Crippen LogP contribution in [0.2, 0.25) is 0 Å². The van der Waals surface area contributed by atoms with E-state index in [1.807, 2.05) is 22.2 Å². The van der Waals surface area contributed by atoms with Crippen molar-refractivity contribution >= 4 is 11.3 Å². The molecular formula is C16H25N3S. The zero-order valence-corrected chi connectivity index (χ0v) is 13.5. The number of hydrogen-bond donors (Lipinski definition) is 1. The highest BCUT2D eigenvalue weighted by Gasteiger charge is 2.17. The maximum absolute atomic E-state index is 4.47. The molecule has 3 nitrogen and oxygen atoms in total. The first kappa shape index (κ1) is 15.3. The van der Waals surface area contributed by atoms with Gasteiger partial charge < -0.3 is 5.32 Å². The SMILES string of the molecule is CCCNC(c1cnn(CCC)c1)c1ccc(CC)s1. The topological polar surface area (TPSA) is 29.9 Å². The predicted molar refractivity (Wildman–Crippen MR) is 86.4 cm³/mol. The highest BCUT2D eigenvalue weighted by molar-refractivity contribution is 7.12. The first-order chi connectivity index (χ1) is 9.78. The van der Waals surface area contributed by atoms with Gasteiger partial charge in [0.1, 0.15) is 0 Å². The van der Waals surface area contributed by atoms with Gasteiger partial charge in [-0.1, -0.05) is 20.8 Å². The zero-order chi connectivity index (χ0) is 14.4. The molecule has 0 aromatic carbocycles. The third kappa shape index (κ3) is 3.70. The number of hydrogen-bond acceptors (Lipinski definition) is 3. The summed E-state index contributed by atoms with van der Waals surface area (Å²) in [4.78, 5) is 2.84. The number of aromatic nitrogens is 2. The second-order valence-corrected chi connectivity index (χ2v) is 6.28. The van der Waals surface area contributed by atoms with E-state index in [1.54, 1.807) is 0 Å². The van der Waals surface area contributed by atoms with Crippen molar-refractivity contribution in [2.75, 3.05) is 6.54 Å². The van der Waals surface area contributed by atoms with Gasteiger partial charge in [-0.3, -0.25) is 4.68 Å². The summed E-state index contributed by atoms with van der Waals surface area (Å²) >= 11 is 1.91. The van der Waals surface area contributed by atoms with Crippen molar-refractivity contribution in [3.05, 3.63) is 39.8 Å². The van der Waals surface area contributed by atoms with Crippen LogP contribution in [0.15, 0.2) is 24.5 Å². The summed E-state index contributed by atoms with van der Waals surface area (Å²) in [5.74, 6) is 0. The summed E-state index contributed by atoms with van der Waals surface area (Å²) in [6.45, 7) is 8.62. The zero-order valence-electron chi connectivity index (χ0n) is 12.7. The van der Waals surface area contributed by atoms with E-state index in [0.29, 0.717) is 0 Å². The van der Waals surface area contributed by atoms with Crippen molar-refractivity contribution < 1.29 is 0 Å². The van der Waals surface area contributed by atoms with Crippen molar-refractivity contribution in [1.29, 1.82) is 0 Å². The highest BCUT2D eigenvalue weighted by atomic mass is 32.1. The summed E-state index contributed by atoms with van der Waals surface area (Å²) in [6.07, 6.45) is 7.56. The summed E-state index contributed by atoms with van der Waals surface area (Å²) < 4.78 is 2.05. The molecule has 0 saturated carbocycles. The molecule has 1 N–H and O–H groups in total. The van der Waals surface area contributed by atoms with E-state index in [0.717, 1.165) is 32.4 Å². The lowest BCUT2D eigenvalue weighted by Crippen LogP contribution is -2.22. The quantitative estimate of drug-likeness (QED) is 0.796. The van der Waals surface area contributed by atoms with Crippen LogP contribution in [-0.2, 0) is 13.0 Å². The van der Waals surface area contributed by atoms with Crippen molar-refractivity contribution in [1.82, 2.24) is 15.1 Å². The van der Waals surface area contributed by atoms with Crippen molar-refractivity contribution in [2.45, 2.75) is 52.6 Å². The molecule has 0 spiro atoms. The molecule has 2 heterocycles. The van der Waals surface area contributed by atoms with Crippen LogP contribution < -0.4 is 5.32 Å². The summed E-state index contributed by atoms with van der Waals surface area (Å²) in [5.41, 5.74) is 1.27. The molecular weight excluding hydrogens is 266 g/mol. The lowest BCUT2D eigenvalue weighted by Gasteiger charge is -2.15. The van der Waals surface area contributed by atoms with E-state index in [1.165, 1.54) is 15.3 Å². The van der Waals surface area contributed by atoms with E-state index in [2.05, 4.69) is 49.5 Å². The number of nitrogens with one attached hydrogen (secondary N) is 1. The minimum atomic E-state index is 0.283. The Kier molecular flexibility index (Phi) is 5.80. The largest absolute Gasteiger partial charge is 0.306 e. The average molecular weight is 291 g/mol. The molecule has 1 atom stereocenters. The Balaban J connectivity index is 2.21. The molecule has 0 aliphatic carbocycles. The molecule has 0 aliphatic rings. The average Bonchev–Trinajstić information content (AvgIpc) is 3.09. The van der Waals surface area contributed by atoms with Gasteiger partial charge in [-0.05, 0) is 37.9 Å². The van der Waals surface area contributed by atoms with Crippen LogP contribution in [0.25, 0.3) is 0 Å². The summed E-state index contributed by atoms with van der Waals surface area (Å²) in [7, 11) is 0. The molecule has 0 bridgehead atoms. The second-order valence-electron chi connectivity index (χ2n) is 5.08. The fraction of sp³-hybridized carbons (Fsp3) is 0.562. The number of rotatable bonds is 8. The lowest BCUT2D eigenvalue weighted by molar-refractivity contribution is 0.592. The van der Waals surface area contributed by atoms with Crippen LogP contribution in [0.1, 0.15) is 55.0 Å². The highest BCUT2D eigenvalue weighted by Crippen LogP contribution is 2.28. The van der Waals surface area contributed by atoms with E-state index in [4.69, 9.17) is 0 Å². The number of thiophene rings is 1. The van der Waals surface area contributed by atoms with Crippen molar-refractivity contribution in [3.8, 4) is 0 Å². The predicted octanol–water partition coefficient (Wildman–Crippen LogP) is 4.01. The van der Waals surface area contributed by atoms with Gasteiger partial charge in [0.15, 0.2) is 0 Å². The minimum absolute atomic E-state index is 0.283. The molecule has 0 radical (unpaired) electrons. The maximum atomic E-state index is 4.47. The molecule has 0 amide bonds. The van der Waals surface area contributed by atoms with Crippen LogP contribution >= 0.6 is 11.3 Å². The van der Waals surface area contributed by atoms with Gasteiger partial charge in [0.25, 0.3) is 0 Å².